The molecule has 2 aliphatic rings. The van der Waals surface area contributed by atoms with Gasteiger partial charge in [-0.25, -0.2) is 0 Å². The molecule has 8 aromatic rings. The Balaban J connectivity index is 1.08. The highest BCUT2D eigenvalue weighted by Gasteiger charge is 2.26. The first-order valence-electron chi connectivity index (χ1n) is 14.8. The Hall–Kier alpha value is -5.08. The van der Waals surface area contributed by atoms with Gasteiger partial charge in [0.05, 0.1) is 0 Å². The lowest BCUT2D eigenvalue weighted by Crippen LogP contribution is -1.87. The van der Waals surface area contributed by atoms with Gasteiger partial charge in [-0.1, -0.05) is 66.7 Å². The summed E-state index contributed by atoms with van der Waals surface area (Å²) < 4.78 is 12.9. The van der Waals surface area contributed by atoms with Crippen LogP contribution in [-0.4, -0.2) is 0 Å². The van der Waals surface area contributed by atoms with Crippen molar-refractivity contribution in [1.29, 1.82) is 0 Å². The minimum atomic E-state index is 0.927. The molecule has 2 aromatic heterocycles. The number of hydrogen-bond donors (Lipinski definition) is 0. The van der Waals surface area contributed by atoms with Crippen molar-refractivity contribution in [2.45, 2.75) is 26.7 Å². The quantitative estimate of drug-likeness (QED) is 0.208. The van der Waals surface area contributed by atoms with Gasteiger partial charge < -0.3 is 8.83 Å². The largest absolute Gasteiger partial charge is 0.456 e. The summed E-state index contributed by atoms with van der Waals surface area (Å²) in [6, 6.07) is 35.5. The second-order valence-corrected chi connectivity index (χ2v) is 12.1. The van der Waals surface area contributed by atoms with Gasteiger partial charge in [-0.05, 0) is 118 Å². The number of furan rings is 2. The van der Waals surface area contributed by atoms with Crippen LogP contribution in [0.5, 0.6) is 0 Å². The molecule has 2 nitrogen and oxygen atoms in total. The van der Waals surface area contributed by atoms with E-state index in [9.17, 15) is 0 Å². The number of rotatable bonds is 1. The normalized spacial score (nSPS) is 13.3. The number of aryl methyl sites for hydroxylation is 2. The fraction of sp³-hybridized carbons (Fsp3) is 0.100. The predicted molar refractivity (Wildman–Crippen MR) is 172 cm³/mol. The Morgan fingerprint density at radius 3 is 2.17 bits per heavy atom. The molecule has 0 unspecified atom stereocenters. The standard InChI is InChI=1S/C40H26O2/c1-21-32-17-26-15-23(11-13-28(26)33(32)20-35-30-9-5-6-10-36(30)41-39(21)35)24-12-14-31-34-18-27-16-25-7-3-4-8-29(25)38(27)22(2)40(34)42-37(31)19-24/h3-15,18-20H,16-17H2,1-2H3. The lowest BCUT2D eigenvalue weighted by molar-refractivity contribution is 0.665. The Bertz CT molecular complexity index is 2480. The maximum atomic E-state index is 6.60. The summed E-state index contributed by atoms with van der Waals surface area (Å²) in [5.41, 5.74) is 19.8. The molecule has 6 aromatic carbocycles. The molecular formula is C40H26O2. The monoisotopic (exact) mass is 538 g/mol. The molecule has 2 aliphatic carbocycles. The van der Waals surface area contributed by atoms with E-state index in [1.165, 1.54) is 88.3 Å². The minimum absolute atomic E-state index is 0.927. The zero-order valence-corrected chi connectivity index (χ0v) is 23.5. The van der Waals surface area contributed by atoms with E-state index in [4.69, 9.17) is 8.83 Å². The maximum absolute atomic E-state index is 6.60. The van der Waals surface area contributed by atoms with Crippen LogP contribution in [0, 0.1) is 13.8 Å². The van der Waals surface area contributed by atoms with E-state index in [-0.39, 0.29) is 0 Å². The van der Waals surface area contributed by atoms with Crippen LogP contribution in [0.25, 0.3) is 77.3 Å². The summed E-state index contributed by atoms with van der Waals surface area (Å²) >= 11 is 0. The average Bonchev–Trinajstić information content (AvgIpc) is 3.77. The molecule has 0 amide bonds. The fourth-order valence-electron chi connectivity index (χ4n) is 7.86. The Morgan fingerprint density at radius 1 is 0.476 bits per heavy atom. The fourth-order valence-corrected chi connectivity index (χ4v) is 7.86. The smallest absolute Gasteiger partial charge is 0.138 e. The van der Waals surface area contributed by atoms with E-state index in [0.717, 1.165) is 35.2 Å². The minimum Gasteiger partial charge on any atom is -0.456 e. The third kappa shape index (κ3) is 2.84. The summed E-state index contributed by atoms with van der Waals surface area (Å²) in [6.07, 6.45) is 1.92. The van der Waals surface area contributed by atoms with Crippen molar-refractivity contribution in [1.82, 2.24) is 0 Å². The van der Waals surface area contributed by atoms with Gasteiger partial charge >= 0.3 is 0 Å². The molecule has 0 N–H and O–H groups in total. The summed E-state index contributed by atoms with van der Waals surface area (Å²) in [4.78, 5) is 0. The number of hydrogen-bond acceptors (Lipinski definition) is 2. The van der Waals surface area contributed by atoms with Crippen LogP contribution >= 0.6 is 0 Å². The summed E-state index contributed by atoms with van der Waals surface area (Å²) in [5.74, 6) is 0. The van der Waals surface area contributed by atoms with Gasteiger partial charge in [-0.2, -0.15) is 0 Å². The lowest BCUT2D eigenvalue weighted by atomic mass is 9.96. The average molecular weight is 539 g/mol. The second-order valence-electron chi connectivity index (χ2n) is 12.1. The molecule has 0 fully saturated rings. The molecular weight excluding hydrogens is 512 g/mol. The molecule has 0 atom stereocenters. The molecule has 0 bridgehead atoms. The van der Waals surface area contributed by atoms with Crippen LogP contribution in [0.3, 0.4) is 0 Å². The van der Waals surface area contributed by atoms with Crippen LogP contribution in [0.2, 0.25) is 0 Å². The number of fused-ring (bicyclic) bond motifs is 12. The predicted octanol–water partition coefficient (Wildman–Crippen LogP) is 10.9. The highest BCUT2D eigenvalue weighted by molar-refractivity contribution is 6.10. The summed E-state index contributed by atoms with van der Waals surface area (Å²) in [5, 5.41) is 4.80. The molecule has 0 saturated carbocycles. The van der Waals surface area contributed by atoms with Gasteiger partial charge in [0.25, 0.3) is 0 Å². The van der Waals surface area contributed by atoms with Crippen LogP contribution in [-0.2, 0) is 12.8 Å². The number of para-hydroxylation sites is 1. The third-order valence-electron chi connectivity index (χ3n) is 9.89. The highest BCUT2D eigenvalue weighted by atomic mass is 16.3. The maximum Gasteiger partial charge on any atom is 0.138 e. The zero-order valence-electron chi connectivity index (χ0n) is 23.5. The second kappa shape index (κ2) is 7.80. The van der Waals surface area contributed by atoms with Crippen molar-refractivity contribution in [3.8, 4) is 33.4 Å². The van der Waals surface area contributed by atoms with Crippen molar-refractivity contribution < 1.29 is 8.83 Å². The number of benzene rings is 6. The molecule has 0 aliphatic heterocycles. The van der Waals surface area contributed by atoms with E-state index in [2.05, 4.69) is 105 Å². The molecule has 0 radical (unpaired) electrons. The van der Waals surface area contributed by atoms with Gasteiger partial charge in [0.1, 0.15) is 22.3 Å². The van der Waals surface area contributed by atoms with E-state index in [0.29, 0.717) is 0 Å². The van der Waals surface area contributed by atoms with Crippen LogP contribution in [0.1, 0.15) is 33.4 Å². The van der Waals surface area contributed by atoms with Crippen molar-refractivity contribution >= 4 is 43.9 Å². The first-order valence-corrected chi connectivity index (χ1v) is 14.8. The summed E-state index contributed by atoms with van der Waals surface area (Å²) in [7, 11) is 0. The van der Waals surface area contributed by atoms with Crippen molar-refractivity contribution in [2.24, 2.45) is 0 Å². The molecule has 198 valence electrons. The molecule has 0 saturated heterocycles. The van der Waals surface area contributed by atoms with Gasteiger partial charge in [-0.15, -0.1) is 0 Å². The van der Waals surface area contributed by atoms with E-state index in [1.54, 1.807) is 0 Å². The SMILES string of the molecule is Cc1c2c(cc3c1oc1ccccc13)-c1ccc(-c3ccc4c(c3)oc3c(C)c5c(cc34)Cc3ccccc3-5)cc1C2. The van der Waals surface area contributed by atoms with Crippen LogP contribution in [0.15, 0.2) is 106 Å². The van der Waals surface area contributed by atoms with Crippen molar-refractivity contribution in [2.75, 3.05) is 0 Å². The van der Waals surface area contributed by atoms with Crippen molar-refractivity contribution in [3.63, 3.8) is 0 Å². The van der Waals surface area contributed by atoms with E-state index < -0.39 is 0 Å². The first kappa shape index (κ1) is 22.6. The van der Waals surface area contributed by atoms with Gasteiger partial charge in [0.15, 0.2) is 0 Å². The molecule has 42 heavy (non-hydrogen) atoms. The van der Waals surface area contributed by atoms with Gasteiger partial charge in [0.2, 0.25) is 0 Å². The molecule has 2 heterocycles. The highest BCUT2D eigenvalue weighted by Crippen LogP contribution is 2.47. The van der Waals surface area contributed by atoms with Crippen molar-refractivity contribution in [3.05, 3.63) is 130 Å². The summed E-state index contributed by atoms with van der Waals surface area (Å²) in [6.45, 7) is 4.43. The topological polar surface area (TPSA) is 26.3 Å². The Labute approximate surface area is 242 Å². The zero-order chi connectivity index (χ0) is 27.7. The lowest BCUT2D eigenvalue weighted by Gasteiger charge is -2.07. The van der Waals surface area contributed by atoms with Gasteiger partial charge in [0, 0.05) is 27.1 Å². The molecule has 2 heteroatoms. The van der Waals surface area contributed by atoms with Crippen LogP contribution < -0.4 is 0 Å². The molecule has 0 spiro atoms. The van der Waals surface area contributed by atoms with Crippen LogP contribution in [0.4, 0.5) is 0 Å². The first-order chi connectivity index (χ1) is 20.6. The Kier molecular flexibility index (Phi) is 4.20. The van der Waals surface area contributed by atoms with E-state index >= 15 is 0 Å². The molecule has 10 rings (SSSR count). The van der Waals surface area contributed by atoms with E-state index in [1.807, 2.05) is 6.07 Å². The Morgan fingerprint density at radius 2 is 1.21 bits per heavy atom. The third-order valence-corrected chi connectivity index (χ3v) is 9.89. The van der Waals surface area contributed by atoms with Gasteiger partial charge in [-0.3, -0.25) is 0 Å².